The highest BCUT2D eigenvalue weighted by Crippen LogP contribution is 2.28. The minimum atomic E-state index is -4.48. The fraction of sp³-hybridized carbons (Fsp3) is 0.533. The lowest BCUT2D eigenvalue weighted by molar-refractivity contribution is -0.385. The van der Waals surface area contributed by atoms with E-state index < -0.39 is 16.8 Å². The van der Waals surface area contributed by atoms with Crippen molar-refractivity contribution in [3.63, 3.8) is 0 Å². The van der Waals surface area contributed by atoms with Crippen LogP contribution in [0, 0.1) is 24.0 Å². The minimum Gasteiger partial charge on any atom is -0.356 e. The summed E-state index contributed by atoms with van der Waals surface area (Å²) < 4.78 is 40.4. The van der Waals surface area contributed by atoms with Crippen LogP contribution in [0.2, 0.25) is 0 Å². The standard InChI is InChI=1S/C15H19F3N6O3/c1-10-8-13(15(16,17)18)21-22(10)6-3-5-19-14(25)4-7-23-11(2)12(9-20-23)24(26)27/h8-9H,3-7H2,1-2H3,(H,19,25). The molecule has 12 heteroatoms. The molecule has 148 valence electrons. The Kier molecular flexibility index (Phi) is 6.18. The Balaban J connectivity index is 1.74. The molecule has 0 saturated heterocycles. The number of aryl methyl sites for hydroxylation is 3. The van der Waals surface area contributed by atoms with E-state index in [9.17, 15) is 28.1 Å². The first-order valence-corrected chi connectivity index (χ1v) is 8.14. The normalized spacial score (nSPS) is 11.6. The molecule has 2 rings (SSSR count). The summed E-state index contributed by atoms with van der Waals surface area (Å²) in [5, 5.41) is 20.8. The molecule has 0 saturated carbocycles. The smallest absolute Gasteiger partial charge is 0.356 e. The van der Waals surface area contributed by atoms with Crippen molar-refractivity contribution in [1.82, 2.24) is 24.9 Å². The SMILES string of the molecule is Cc1cc(C(F)(F)F)nn1CCCNC(=O)CCn1ncc([N+](=O)[O-])c1C. The molecule has 9 nitrogen and oxygen atoms in total. The first-order chi connectivity index (χ1) is 12.6. The zero-order valence-corrected chi connectivity index (χ0v) is 14.8. The van der Waals surface area contributed by atoms with Gasteiger partial charge in [0.05, 0.1) is 11.5 Å². The lowest BCUT2D eigenvalue weighted by Gasteiger charge is -2.07. The van der Waals surface area contributed by atoms with E-state index in [2.05, 4.69) is 15.5 Å². The summed E-state index contributed by atoms with van der Waals surface area (Å²) in [5.41, 5.74) is -0.289. The third-order valence-electron chi connectivity index (χ3n) is 3.97. The van der Waals surface area contributed by atoms with Crippen LogP contribution in [-0.4, -0.2) is 36.9 Å². The predicted molar refractivity (Wildman–Crippen MR) is 87.8 cm³/mol. The number of halogens is 3. The molecule has 0 spiro atoms. The summed E-state index contributed by atoms with van der Waals surface area (Å²) in [6.07, 6.45) is -2.85. The summed E-state index contributed by atoms with van der Waals surface area (Å²) in [4.78, 5) is 22.0. The average molecular weight is 388 g/mol. The fourth-order valence-electron chi connectivity index (χ4n) is 2.47. The zero-order chi connectivity index (χ0) is 20.2. The van der Waals surface area contributed by atoms with Gasteiger partial charge in [0.25, 0.3) is 0 Å². The summed E-state index contributed by atoms with van der Waals surface area (Å²) >= 11 is 0. The average Bonchev–Trinajstić information content (AvgIpc) is 3.12. The molecule has 0 aliphatic rings. The quantitative estimate of drug-likeness (QED) is 0.424. The van der Waals surface area contributed by atoms with Crippen molar-refractivity contribution in [1.29, 1.82) is 0 Å². The van der Waals surface area contributed by atoms with Gasteiger partial charge in [0.1, 0.15) is 11.9 Å². The molecule has 0 radical (unpaired) electrons. The first-order valence-electron chi connectivity index (χ1n) is 8.14. The van der Waals surface area contributed by atoms with E-state index in [1.165, 1.54) is 16.3 Å². The number of rotatable bonds is 8. The highest BCUT2D eigenvalue weighted by atomic mass is 19.4. The van der Waals surface area contributed by atoms with Crippen molar-refractivity contribution in [3.05, 3.63) is 39.5 Å². The summed E-state index contributed by atoms with van der Waals surface area (Å²) in [6, 6.07) is 0.976. The van der Waals surface area contributed by atoms with Crippen LogP contribution in [0.1, 0.15) is 29.9 Å². The molecule has 0 aliphatic heterocycles. The maximum absolute atomic E-state index is 12.6. The van der Waals surface area contributed by atoms with E-state index in [1.54, 1.807) is 6.92 Å². The Labute approximate surface area is 152 Å². The van der Waals surface area contributed by atoms with Crippen molar-refractivity contribution in [2.75, 3.05) is 6.54 Å². The summed E-state index contributed by atoms with van der Waals surface area (Å²) in [5.74, 6) is -0.277. The van der Waals surface area contributed by atoms with Gasteiger partial charge in [-0.25, -0.2) is 0 Å². The maximum atomic E-state index is 12.6. The van der Waals surface area contributed by atoms with E-state index in [-0.39, 0.29) is 37.6 Å². The number of alkyl halides is 3. The Bertz CT molecular complexity index is 827. The molecule has 1 amide bonds. The number of aromatic nitrogens is 4. The monoisotopic (exact) mass is 388 g/mol. The topological polar surface area (TPSA) is 108 Å². The van der Waals surface area contributed by atoms with Crippen LogP contribution in [0.4, 0.5) is 18.9 Å². The lowest BCUT2D eigenvalue weighted by atomic mass is 10.3. The first kappa shape index (κ1) is 20.4. The van der Waals surface area contributed by atoms with Gasteiger partial charge in [-0.3, -0.25) is 24.3 Å². The van der Waals surface area contributed by atoms with Gasteiger partial charge in [0.2, 0.25) is 5.91 Å². The molecule has 1 N–H and O–H groups in total. The van der Waals surface area contributed by atoms with Crippen LogP contribution in [0.15, 0.2) is 12.3 Å². The molecule has 0 fully saturated rings. The van der Waals surface area contributed by atoms with Crippen LogP contribution in [0.25, 0.3) is 0 Å². The zero-order valence-electron chi connectivity index (χ0n) is 14.8. The second kappa shape index (κ2) is 8.18. The number of nitrogens with one attached hydrogen (secondary N) is 1. The van der Waals surface area contributed by atoms with E-state index in [0.717, 1.165) is 12.3 Å². The van der Waals surface area contributed by atoms with E-state index in [1.807, 2.05) is 0 Å². The molecule has 2 aromatic heterocycles. The Morgan fingerprint density at radius 3 is 2.56 bits per heavy atom. The molecule has 2 aromatic rings. The van der Waals surface area contributed by atoms with Gasteiger partial charge >= 0.3 is 11.9 Å². The van der Waals surface area contributed by atoms with E-state index in [4.69, 9.17) is 0 Å². The number of amides is 1. The second-order valence-corrected chi connectivity index (χ2v) is 5.94. The minimum absolute atomic E-state index is 0.0820. The van der Waals surface area contributed by atoms with Gasteiger partial charge in [-0.05, 0) is 26.3 Å². The van der Waals surface area contributed by atoms with Crippen LogP contribution in [0.5, 0.6) is 0 Å². The van der Waals surface area contributed by atoms with Gasteiger partial charge in [0, 0.05) is 25.2 Å². The number of carbonyl (C=O) groups excluding carboxylic acids is 1. The fourth-order valence-corrected chi connectivity index (χ4v) is 2.47. The largest absolute Gasteiger partial charge is 0.435 e. The number of nitro groups is 1. The van der Waals surface area contributed by atoms with Crippen LogP contribution >= 0.6 is 0 Å². The second-order valence-electron chi connectivity index (χ2n) is 5.94. The lowest BCUT2D eigenvalue weighted by Crippen LogP contribution is -2.26. The predicted octanol–water partition coefficient (Wildman–Crippen LogP) is 2.22. The van der Waals surface area contributed by atoms with Crippen molar-refractivity contribution in [2.45, 2.75) is 46.0 Å². The maximum Gasteiger partial charge on any atom is 0.435 e. The number of nitrogens with zero attached hydrogens (tertiary/aromatic N) is 5. The van der Waals surface area contributed by atoms with Gasteiger partial charge in [-0.15, -0.1) is 0 Å². The van der Waals surface area contributed by atoms with Gasteiger partial charge in [-0.1, -0.05) is 0 Å². The Morgan fingerprint density at radius 2 is 2.00 bits per heavy atom. The van der Waals surface area contributed by atoms with Crippen molar-refractivity contribution >= 4 is 11.6 Å². The molecule has 2 heterocycles. The molecule has 0 atom stereocenters. The molecule has 0 unspecified atom stereocenters. The molecule has 27 heavy (non-hydrogen) atoms. The summed E-state index contributed by atoms with van der Waals surface area (Å²) in [6.45, 7) is 3.79. The van der Waals surface area contributed by atoms with E-state index in [0.29, 0.717) is 17.8 Å². The third-order valence-corrected chi connectivity index (χ3v) is 3.97. The third kappa shape index (κ3) is 5.28. The van der Waals surface area contributed by atoms with Crippen molar-refractivity contribution in [3.8, 4) is 0 Å². The van der Waals surface area contributed by atoms with Gasteiger partial charge < -0.3 is 5.32 Å². The molecule has 0 aliphatic carbocycles. The van der Waals surface area contributed by atoms with Crippen LogP contribution in [0.3, 0.4) is 0 Å². The van der Waals surface area contributed by atoms with Crippen LogP contribution < -0.4 is 5.32 Å². The highest BCUT2D eigenvalue weighted by molar-refractivity contribution is 5.75. The number of hydrogen-bond donors (Lipinski definition) is 1. The summed E-state index contributed by atoms with van der Waals surface area (Å²) in [7, 11) is 0. The molecular formula is C15H19F3N6O3. The molecule has 0 bridgehead atoms. The molecule has 0 aromatic carbocycles. The highest BCUT2D eigenvalue weighted by Gasteiger charge is 2.34. The van der Waals surface area contributed by atoms with Gasteiger partial charge in [-0.2, -0.15) is 23.4 Å². The Morgan fingerprint density at radius 1 is 1.30 bits per heavy atom. The van der Waals surface area contributed by atoms with Gasteiger partial charge in [0.15, 0.2) is 5.69 Å². The van der Waals surface area contributed by atoms with Crippen LogP contribution in [-0.2, 0) is 24.1 Å². The number of carbonyl (C=O) groups is 1. The van der Waals surface area contributed by atoms with Crippen molar-refractivity contribution < 1.29 is 22.9 Å². The Hall–Kier alpha value is -2.92. The van der Waals surface area contributed by atoms with Crippen molar-refractivity contribution in [2.24, 2.45) is 0 Å². The number of hydrogen-bond acceptors (Lipinski definition) is 5. The molecular weight excluding hydrogens is 369 g/mol. The van der Waals surface area contributed by atoms with E-state index >= 15 is 0 Å².